The maximum absolute atomic E-state index is 12.6. The summed E-state index contributed by atoms with van der Waals surface area (Å²) in [7, 11) is 0. The average Bonchev–Trinajstić information content (AvgIpc) is 2.94. The second kappa shape index (κ2) is 7.79. The molecule has 7 nitrogen and oxygen atoms in total. The van der Waals surface area contributed by atoms with Crippen molar-refractivity contribution in [3.8, 4) is 5.75 Å². The van der Waals surface area contributed by atoms with Crippen molar-refractivity contribution >= 4 is 23.4 Å². The van der Waals surface area contributed by atoms with E-state index in [2.05, 4.69) is 10.9 Å². The first kappa shape index (κ1) is 17.6. The Balaban J connectivity index is 1.67. The number of ether oxygens (including phenoxy) is 1. The van der Waals surface area contributed by atoms with Crippen LogP contribution in [-0.4, -0.2) is 30.4 Å². The van der Waals surface area contributed by atoms with Crippen LogP contribution in [0.1, 0.15) is 23.7 Å². The van der Waals surface area contributed by atoms with Crippen LogP contribution in [0.25, 0.3) is 0 Å². The molecule has 1 fully saturated rings. The number of hydrogen-bond donors (Lipinski definition) is 2. The van der Waals surface area contributed by atoms with Crippen LogP contribution in [0, 0.1) is 0 Å². The molecule has 26 heavy (non-hydrogen) atoms. The van der Waals surface area contributed by atoms with Crippen molar-refractivity contribution in [2.24, 2.45) is 0 Å². The summed E-state index contributed by atoms with van der Waals surface area (Å²) < 4.78 is 5.41. The number of rotatable bonds is 6. The van der Waals surface area contributed by atoms with E-state index < -0.39 is 11.9 Å². The lowest BCUT2D eigenvalue weighted by atomic mass is 10.2. The van der Waals surface area contributed by atoms with E-state index in [9.17, 15) is 14.4 Å². The van der Waals surface area contributed by atoms with Gasteiger partial charge >= 0.3 is 0 Å². The molecule has 2 aromatic rings. The summed E-state index contributed by atoms with van der Waals surface area (Å²) in [4.78, 5) is 38.0. The van der Waals surface area contributed by atoms with Gasteiger partial charge in [-0.2, -0.15) is 0 Å². The molecule has 134 valence electrons. The van der Waals surface area contributed by atoms with Crippen molar-refractivity contribution in [1.29, 1.82) is 0 Å². The Morgan fingerprint density at radius 2 is 1.92 bits per heavy atom. The monoisotopic (exact) mass is 353 g/mol. The van der Waals surface area contributed by atoms with Crippen molar-refractivity contribution in [3.63, 3.8) is 0 Å². The number of hydrogen-bond acceptors (Lipinski definition) is 5. The molecule has 0 saturated carbocycles. The molecule has 3 rings (SSSR count). The van der Waals surface area contributed by atoms with E-state index >= 15 is 0 Å². The third-order valence-corrected chi connectivity index (χ3v) is 3.93. The molecule has 0 unspecified atom stereocenters. The van der Waals surface area contributed by atoms with Crippen LogP contribution in [-0.2, 0) is 9.59 Å². The molecule has 3 amide bonds. The normalized spacial score (nSPS) is 16.7. The molecule has 2 aromatic carbocycles. The number of imide groups is 1. The van der Waals surface area contributed by atoms with Gasteiger partial charge < -0.3 is 4.74 Å². The van der Waals surface area contributed by atoms with E-state index in [1.165, 1.54) is 0 Å². The van der Waals surface area contributed by atoms with Crippen LogP contribution in [0.15, 0.2) is 54.6 Å². The zero-order valence-electron chi connectivity index (χ0n) is 14.3. The first-order valence-electron chi connectivity index (χ1n) is 8.30. The van der Waals surface area contributed by atoms with Gasteiger partial charge in [0.25, 0.3) is 11.8 Å². The summed E-state index contributed by atoms with van der Waals surface area (Å²) in [6, 6.07) is 14.6. The van der Waals surface area contributed by atoms with Gasteiger partial charge in [-0.3, -0.25) is 19.8 Å². The standard InChI is InChI=1S/C19H19N3O4/c1-2-26-15-10-6-9-14(11-15)22-17(23)12-16(19(22)25)20-21-18(24)13-7-4-3-5-8-13/h3-11,16,20H,2,12H2,1H3,(H,21,24)/t16-/m1/s1. The molecule has 1 heterocycles. The minimum atomic E-state index is -0.814. The van der Waals surface area contributed by atoms with E-state index in [1.54, 1.807) is 54.6 Å². The summed E-state index contributed by atoms with van der Waals surface area (Å²) >= 11 is 0. The Morgan fingerprint density at radius 1 is 1.15 bits per heavy atom. The molecule has 7 heteroatoms. The Morgan fingerprint density at radius 3 is 2.65 bits per heavy atom. The molecule has 1 aliphatic rings. The van der Waals surface area contributed by atoms with Gasteiger partial charge in [0.15, 0.2) is 0 Å². The minimum Gasteiger partial charge on any atom is -0.494 e. The average molecular weight is 353 g/mol. The molecule has 1 atom stereocenters. The van der Waals surface area contributed by atoms with Gasteiger partial charge in [0.1, 0.15) is 11.8 Å². The van der Waals surface area contributed by atoms with Gasteiger partial charge in [-0.1, -0.05) is 24.3 Å². The smallest absolute Gasteiger partial charge is 0.265 e. The lowest BCUT2D eigenvalue weighted by Crippen LogP contribution is -2.48. The maximum atomic E-state index is 12.6. The molecular formula is C19H19N3O4. The molecule has 2 N–H and O–H groups in total. The Labute approximate surface area is 150 Å². The van der Waals surface area contributed by atoms with Gasteiger partial charge in [0.2, 0.25) is 5.91 Å². The van der Waals surface area contributed by atoms with Gasteiger partial charge in [-0.25, -0.2) is 10.3 Å². The number of amides is 3. The van der Waals surface area contributed by atoms with Gasteiger partial charge in [-0.05, 0) is 31.2 Å². The van der Waals surface area contributed by atoms with Crippen LogP contribution in [0.3, 0.4) is 0 Å². The molecule has 0 aromatic heterocycles. The number of hydrazine groups is 1. The number of nitrogens with one attached hydrogen (secondary N) is 2. The van der Waals surface area contributed by atoms with Crippen LogP contribution < -0.4 is 20.5 Å². The molecule has 1 saturated heterocycles. The van der Waals surface area contributed by atoms with Crippen molar-refractivity contribution in [2.45, 2.75) is 19.4 Å². The summed E-state index contributed by atoms with van der Waals surface area (Å²) in [5.74, 6) is -0.547. The van der Waals surface area contributed by atoms with Gasteiger partial charge in [0.05, 0.1) is 18.7 Å². The molecule has 0 aliphatic carbocycles. The third kappa shape index (κ3) is 3.73. The predicted octanol–water partition coefficient (Wildman–Crippen LogP) is 1.65. The van der Waals surface area contributed by atoms with Crippen molar-refractivity contribution in [1.82, 2.24) is 10.9 Å². The highest BCUT2D eigenvalue weighted by molar-refractivity contribution is 6.22. The summed E-state index contributed by atoms with van der Waals surface area (Å²) in [6.07, 6.45) is -0.0350. The summed E-state index contributed by atoms with van der Waals surface area (Å²) in [6.45, 7) is 2.34. The fourth-order valence-corrected chi connectivity index (χ4v) is 2.71. The lowest BCUT2D eigenvalue weighted by molar-refractivity contribution is -0.121. The number of nitrogens with zero attached hydrogens (tertiary/aromatic N) is 1. The quantitative estimate of drug-likeness (QED) is 0.609. The Bertz CT molecular complexity index is 823. The Kier molecular flexibility index (Phi) is 5.28. The molecule has 0 radical (unpaired) electrons. The topological polar surface area (TPSA) is 87.7 Å². The maximum Gasteiger partial charge on any atom is 0.265 e. The van der Waals surface area contributed by atoms with Gasteiger partial charge in [-0.15, -0.1) is 0 Å². The highest BCUT2D eigenvalue weighted by Gasteiger charge is 2.39. The highest BCUT2D eigenvalue weighted by Crippen LogP contribution is 2.26. The molecular weight excluding hydrogens is 334 g/mol. The fraction of sp³-hybridized carbons (Fsp3) is 0.211. The molecule has 0 bridgehead atoms. The SMILES string of the molecule is CCOc1cccc(N2C(=O)C[C@@H](NNC(=O)c3ccccc3)C2=O)c1. The van der Waals surface area contributed by atoms with E-state index in [1.807, 2.05) is 6.92 Å². The van der Waals surface area contributed by atoms with E-state index in [4.69, 9.17) is 4.74 Å². The van der Waals surface area contributed by atoms with Crippen LogP contribution in [0.2, 0.25) is 0 Å². The summed E-state index contributed by atoms with van der Waals surface area (Å²) in [5.41, 5.74) is 6.04. The second-order valence-corrected chi connectivity index (χ2v) is 5.72. The van der Waals surface area contributed by atoms with Gasteiger partial charge in [0, 0.05) is 11.6 Å². The molecule has 0 spiro atoms. The van der Waals surface area contributed by atoms with E-state index in [-0.39, 0.29) is 18.2 Å². The lowest BCUT2D eigenvalue weighted by Gasteiger charge is -2.16. The fourth-order valence-electron chi connectivity index (χ4n) is 2.71. The van der Waals surface area contributed by atoms with Crippen LogP contribution >= 0.6 is 0 Å². The zero-order valence-corrected chi connectivity index (χ0v) is 14.3. The van der Waals surface area contributed by atoms with Crippen molar-refractivity contribution in [2.75, 3.05) is 11.5 Å². The van der Waals surface area contributed by atoms with Crippen LogP contribution in [0.5, 0.6) is 5.75 Å². The number of anilines is 1. The predicted molar refractivity (Wildman–Crippen MR) is 95.6 cm³/mol. The number of benzene rings is 2. The van der Waals surface area contributed by atoms with Crippen LogP contribution in [0.4, 0.5) is 5.69 Å². The van der Waals surface area contributed by atoms with E-state index in [0.717, 1.165) is 4.90 Å². The molecule has 1 aliphatic heterocycles. The minimum absolute atomic E-state index is 0.0350. The first-order valence-corrected chi connectivity index (χ1v) is 8.30. The highest BCUT2D eigenvalue weighted by atomic mass is 16.5. The van der Waals surface area contributed by atoms with Crippen molar-refractivity contribution in [3.05, 3.63) is 60.2 Å². The third-order valence-electron chi connectivity index (χ3n) is 3.93. The van der Waals surface area contributed by atoms with Crippen molar-refractivity contribution < 1.29 is 19.1 Å². The summed E-state index contributed by atoms with van der Waals surface area (Å²) in [5, 5.41) is 0. The first-order chi connectivity index (χ1) is 12.6. The largest absolute Gasteiger partial charge is 0.494 e. The second-order valence-electron chi connectivity index (χ2n) is 5.72. The van der Waals surface area contributed by atoms with E-state index in [0.29, 0.717) is 23.6 Å². The Hall–Kier alpha value is -3.19. The number of carbonyl (C=O) groups excluding carboxylic acids is 3. The number of carbonyl (C=O) groups is 3. The zero-order chi connectivity index (χ0) is 18.5.